The van der Waals surface area contributed by atoms with Crippen LogP contribution < -0.4 is 9.80 Å². The Morgan fingerprint density at radius 3 is 0.917 bits per heavy atom. The Bertz CT molecular complexity index is 3610. The predicted octanol–water partition coefficient (Wildman–Crippen LogP) is 17.4. The largest absolute Gasteiger partial charge is 0.436 e. The molecule has 0 aliphatic rings. The summed E-state index contributed by atoms with van der Waals surface area (Å²) < 4.78 is 12.3. The predicted molar refractivity (Wildman–Crippen MR) is 294 cm³/mol. The highest BCUT2D eigenvalue weighted by atomic mass is 16.4. The van der Waals surface area contributed by atoms with Crippen molar-refractivity contribution in [2.75, 3.05) is 9.80 Å². The molecule has 72 heavy (non-hydrogen) atoms. The van der Waals surface area contributed by atoms with Crippen LogP contribution in [0.1, 0.15) is 33.4 Å². The van der Waals surface area contributed by atoms with Gasteiger partial charge in [-0.25, -0.2) is 19.9 Å². The van der Waals surface area contributed by atoms with Gasteiger partial charge in [-0.2, -0.15) is 0 Å². The van der Waals surface area contributed by atoms with Crippen molar-refractivity contribution in [3.8, 4) is 45.4 Å². The lowest BCUT2D eigenvalue weighted by molar-refractivity contribution is 0.619. The molecule has 0 bridgehead atoms. The van der Waals surface area contributed by atoms with Crippen LogP contribution in [-0.2, 0) is 0 Å². The molecule has 8 nitrogen and oxygen atoms in total. The molecule has 0 radical (unpaired) electrons. The molecule has 3 aromatic heterocycles. The van der Waals surface area contributed by atoms with Gasteiger partial charge in [-0.1, -0.05) is 96.1 Å². The number of para-hydroxylation sites is 6. The van der Waals surface area contributed by atoms with Crippen molar-refractivity contribution >= 4 is 67.4 Å². The van der Waals surface area contributed by atoms with Crippen LogP contribution in [0.15, 0.2) is 203 Å². The van der Waals surface area contributed by atoms with E-state index in [-0.39, 0.29) is 0 Å². The van der Waals surface area contributed by atoms with Gasteiger partial charge in [0, 0.05) is 45.0 Å². The van der Waals surface area contributed by atoms with Crippen molar-refractivity contribution < 1.29 is 8.83 Å². The Balaban J connectivity index is 0.919. The van der Waals surface area contributed by atoms with Gasteiger partial charge in [0.05, 0.1) is 33.8 Å². The number of hydrogen-bond acceptors (Lipinski definition) is 8. The van der Waals surface area contributed by atoms with Gasteiger partial charge in [-0.05, 0) is 173 Å². The van der Waals surface area contributed by atoms with Gasteiger partial charge in [0.15, 0.2) is 11.2 Å². The molecule has 12 rings (SSSR count). The standard InChI is InChI=1S/C64H50N6O2/c1-39-35-41(3)61(42(4)36-39)69(51-31-23-47(24-32-51)63-67-55-15-9-11-17-57(55)71-63)49-27-19-45(20-28-49)59-60(66-54-14-8-7-13-53(54)65-59)46-21-29-50(30-22-46)70(62-43(5)37-40(2)38-44(62)6)52-33-25-48(26-34-52)64-68-56-16-10-12-18-58(56)72-64/h7-38H,1-6H3. The Morgan fingerprint density at radius 2 is 0.597 bits per heavy atom. The van der Waals surface area contributed by atoms with Gasteiger partial charge in [-0.3, -0.25) is 0 Å². The summed E-state index contributed by atoms with van der Waals surface area (Å²) in [6, 6.07) is 67.1. The van der Waals surface area contributed by atoms with Crippen molar-refractivity contribution in [3.05, 3.63) is 228 Å². The first-order chi connectivity index (χ1) is 35.1. The second-order valence-electron chi connectivity index (χ2n) is 18.7. The van der Waals surface area contributed by atoms with Crippen LogP contribution in [0.5, 0.6) is 0 Å². The molecule has 0 aliphatic heterocycles. The topological polar surface area (TPSA) is 84.3 Å². The van der Waals surface area contributed by atoms with Gasteiger partial charge < -0.3 is 18.6 Å². The summed E-state index contributed by atoms with van der Waals surface area (Å²) in [5, 5.41) is 0. The summed E-state index contributed by atoms with van der Waals surface area (Å²) in [5.41, 5.74) is 23.8. The van der Waals surface area contributed by atoms with Crippen LogP contribution >= 0.6 is 0 Å². The van der Waals surface area contributed by atoms with Crippen molar-refractivity contribution in [2.45, 2.75) is 41.5 Å². The highest BCUT2D eigenvalue weighted by Crippen LogP contribution is 2.44. The first-order valence-corrected chi connectivity index (χ1v) is 24.3. The van der Waals surface area contributed by atoms with Crippen molar-refractivity contribution in [1.29, 1.82) is 0 Å². The van der Waals surface area contributed by atoms with Gasteiger partial charge in [-0.15, -0.1) is 0 Å². The van der Waals surface area contributed by atoms with E-state index in [0.29, 0.717) is 11.8 Å². The van der Waals surface area contributed by atoms with Crippen molar-refractivity contribution in [2.24, 2.45) is 0 Å². The summed E-state index contributed by atoms with van der Waals surface area (Å²) >= 11 is 0. The molecule has 0 spiro atoms. The number of hydrogen-bond donors (Lipinski definition) is 0. The molecule has 0 fully saturated rings. The van der Waals surface area contributed by atoms with E-state index in [1.54, 1.807) is 0 Å². The van der Waals surface area contributed by atoms with Crippen LogP contribution in [0.4, 0.5) is 34.1 Å². The SMILES string of the molecule is Cc1cc(C)c(N(c2ccc(-c3nc4ccccc4o3)cc2)c2ccc(-c3nc4ccccc4nc3-c3ccc(N(c4ccc(-c5nc6ccccc6o5)cc4)c4c(C)cc(C)cc4C)cc3)cc2)c(C)c1. The third-order valence-electron chi connectivity index (χ3n) is 13.4. The highest BCUT2D eigenvalue weighted by molar-refractivity contribution is 5.90. The van der Waals surface area contributed by atoms with Crippen LogP contribution in [0, 0.1) is 41.5 Å². The lowest BCUT2D eigenvalue weighted by Crippen LogP contribution is -2.13. The molecular formula is C64H50N6O2. The van der Waals surface area contributed by atoms with Gasteiger partial charge in [0.2, 0.25) is 11.8 Å². The number of benzene rings is 9. The molecule has 3 heterocycles. The Hall–Kier alpha value is -9.14. The molecule has 12 aromatic rings. The van der Waals surface area contributed by atoms with Crippen LogP contribution in [-0.4, -0.2) is 19.9 Å². The lowest BCUT2D eigenvalue weighted by atomic mass is 10.00. The summed E-state index contributed by atoms with van der Waals surface area (Å²) in [4.78, 5) is 24.8. The molecule has 0 saturated carbocycles. The Kier molecular flexibility index (Phi) is 11.0. The number of oxazole rings is 2. The first-order valence-electron chi connectivity index (χ1n) is 24.3. The van der Waals surface area contributed by atoms with E-state index in [1.807, 2.05) is 72.8 Å². The fourth-order valence-corrected chi connectivity index (χ4v) is 10.3. The van der Waals surface area contributed by atoms with Gasteiger partial charge >= 0.3 is 0 Å². The second kappa shape index (κ2) is 18.0. The van der Waals surface area contributed by atoms with E-state index in [2.05, 4.69) is 173 Å². The zero-order valence-electron chi connectivity index (χ0n) is 41.0. The summed E-state index contributed by atoms with van der Waals surface area (Å²) in [5.74, 6) is 1.20. The molecule has 0 saturated heterocycles. The molecule has 0 atom stereocenters. The molecular weight excluding hydrogens is 885 g/mol. The number of anilines is 6. The number of rotatable bonds is 10. The highest BCUT2D eigenvalue weighted by Gasteiger charge is 2.22. The number of fused-ring (bicyclic) bond motifs is 3. The molecule has 8 heteroatoms. The summed E-state index contributed by atoms with van der Waals surface area (Å²) in [6.45, 7) is 13.0. The van der Waals surface area contributed by atoms with E-state index >= 15 is 0 Å². The summed E-state index contributed by atoms with van der Waals surface area (Å²) in [7, 11) is 0. The third kappa shape index (κ3) is 8.12. The average molecular weight is 935 g/mol. The van der Waals surface area contributed by atoms with Gasteiger partial charge in [0.1, 0.15) is 11.0 Å². The second-order valence-corrected chi connectivity index (χ2v) is 18.7. The number of aromatic nitrogens is 4. The van der Waals surface area contributed by atoms with Crippen LogP contribution in [0.3, 0.4) is 0 Å². The Labute approximate surface area is 418 Å². The first kappa shape index (κ1) is 44.1. The maximum absolute atomic E-state index is 6.15. The lowest BCUT2D eigenvalue weighted by Gasteiger charge is -2.29. The minimum atomic E-state index is 0.598. The van der Waals surface area contributed by atoms with Gasteiger partial charge in [0.25, 0.3) is 0 Å². The van der Waals surface area contributed by atoms with E-state index < -0.39 is 0 Å². The molecule has 0 aliphatic carbocycles. The zero-order valence-corrected chi connectivity index (χ0v) is 41.0. The van der Waals surface area contributed by atoms with E-state index in [9.17, 15) is 0 Å². The van der Waals surface area contributed by atoms with E-state index in [0.717, 1.165) is 101 Å². The Morgan fingerprint density at radius 1 is 0.306 bits per heavy atom. The zero-order chi connectivity index (χ0) is 49.0. The quantitative estimate of drug-likeness (QED) is 0.134. The maximum atomic E-state index is 6.15. The molecule has 9 aromatic carbocycles. The number of aryl methyl sites for hydroxylation is 6. The van der Waals surface area contributed by atoms with Crippen molar-refractivity contribution in [3.63, 3.8) is 0 Å². The number of nitrogens with zero attached hydrogens (tertiary/aromatic N) is 6. The third-order valence-corrected chi connectivity index (χ3v) is 13.4. The molecule has 0 N–H and O–H groups in total. The molecule has 348 valence electrons. The van der Waals surface area contributed by atoms with Crippen molar-refractivity contribution in [1.82, 2.24) is 19.9 Å². The van der Waals surface area contributed by atoms with Crippen LogP contribution in [0.25, 0.3) is 78.7 Å². The summed E-state index contributed by atoms with van der Waals surface area (Å²) in [6.07, 6.45) is 0. The maximum Gasteiger partial charge on any atom is 0.227 e. The smallest absolute Gasteiger partial charge is 0.227 e. The minimum absolute atomic E-state index is 0.598. The fourth-order valence-electron chi connectivity index (χ4n) is 10.3. The van der Waals surface area contributed by atoms with E-state index in [1.165, 1.54) is 33.4 Å². The molecule has 0 unspecified atom stereocenters. The molecule has 0 amide bonds. The monoisotopic (exact) mass is 934 g/mol. The van der Waals surface area contributed by atoms with Crippen LogP contribution in [0.2, 0.25) is 0 Å². The minimum Gasteiger partial charge on any atom is -0.436 e. The fraction of sp³-hybridized carbons (Fsp3) is 0.0938. The van der Waals surface area contributed by atoms with E-state index in [4.69, 9.17) is 28.8 Å². The normalized spacial score (nSPS) is 11.5. The average Bonchev–Trinajstić information content (AvgIpc) is 4.04.